The number of rotatable bonds is 2. The molecule has 0 spiro atoms. The maximum absolute atomic E-state index is 5.09. The number of nitrogens with zero attached hydrogens (tertiary/aromatic N) is 7. The maximum Gasteiger partial charge on any atom is 0.177 e. The zero-order valence-corrected chi connectivity index (χ0v) is 16.9. The highest BCUT2D eigenvalue weighted by Crippen LogP contribution is 2.59. The highest BCUT2D eigenvalue weighted by molar-refractivity contribution is 5.91. The summed E-state index contributed by atoms with van der Waals surface area (Å²) in [5, 5.41) is 5.89. The van der Waals surface area contributed by atoms with Crippen LogP contribution >= 0.6 is 0 Å². The third-order valence-electron chi connectivity index (χ3n) is 6.43. The van der Waals surface area contributed by atoms with Crippen molar-refractivity contribution in [3.63, 3.8) is 0 Å². The smallest absolute Gasteiger partial charge is 0.177 e. The van der Waals surface area contributed by atoms with E-state index in [-0.39, 0.29) is 11.3 Å². The van der Waals surface area contributed by atoms with E-state index >= 15 is 0 Å². The molecule has 0 amide bonds. The first-order chi connectivity index (χ1) is 14.0. The number of aromatic nitrogens is 7. The molecule has 0 aromatic carbocycles. The zero-order valence-electron chi connectivity index (χ0n) is 16.9. The molecule has 2 unspecified atom stereocenters. The summed E-state index contributed by atoms with van der Waals surface area (Å²) in [5.74, 6) is 1.14. The van der Waals surface area contributed by atoms with Crippen molar-refractivity contribution in [2.24, 2.45) is 0 Å². The normalized spacial score (nSPS) is 21.4. The van der Waals surface area contributed by atoms with Gasteiger partial charge in [-0.25, -0.2) is 14.5 Å². The Labute approximate surface area is 167 Å². The van der Waals surface area contributed by atoms with Gasteiger partial charge in [0.1, 0.15) is 5.65 Å². The minimum Gasteiger partial charge on any atom is -0.303 e. The lowest BCUT2D eigenvalue weighted by Crippen LogP contribution is -2.08. The molecule has 0 N–H and O–H groups in total. The van der Waals surface area contributed by atoms with E-state index < -0.39 is 0 Å². The van der Waals surface area contributed by atoms with Gasteiger partial charge >= 0.3 is 0 Å². The van der Waals surface area contributed by atoms with Gasteiger partial charge in [0.05, 0.1) is 22.6 Å². The molecular weight excluding hydrogens is 362 g/mol. The van der Waals surface area contributed by atoms with Crippen LogP contribution < -0.4 is 0 Å². The molecule has 1 aliphatic carbocycles. The molecule has 29 heavy (non-hydrogen) atoms. The van der Waals surface area contributed by atoms with Crippen LogP contribution in [-0.4, -0.2) is 34.0 Å². The van der Waals surface area contributed by atoms with Crippen LogP contribution in [0.1, 0.15) is 47.9 Å². The van der Waals surface area contributed by atoms with E-state index in [2.05, 4.69) is 46.5 Å². The number of hydrogen-bond acceptors (Lipinski definition) is 5. The van der Waals surface area contributed by atoms with Crippen LogP contribution in [0.25, 0.3) is 22.2 Å². The standard InChI is InChI=1S/C22H21N7/c1-12-11-24-13(2)20-26-19(27-29(12)20)16-10-22(16,4)18-14(3)28-9-7-17-15(21(28)25-18)6-5-8-23-17/h5-9,11,16H,10H2,1-4H3. The van der Waals surface area contributed by atoms with E-state index in [1.54, 1.807) is 0 Å². The second kappa shape index (κ2) is 5.37. The topological polar surface area (TPSA) is 73.3 Å². The summed E-state index contributed by atoms with van der Waals surface area (Å²) in [4.78, 5) is 18.8. The van der Waals surface area contributed by atoms with Crippen molar-refractivity contribution in [1.82, 2.24) is 34.0 Å². The molecule has 5 aromatic rings. The van der Waals surface area contributed by atoms with E-state index in [9.17, 15) is 0 Å². The molecule has 2 atom stereocenters. The zero-order chi connectivity index (χ0) is 19.9. The van der Waals surface area contributed by atoms with E-state index in [0.717, 1.165) is 51.5 Å². The van der Waals surface area contributed by atoms with Crippen molar-refractivity contribution >= 4 is 22.2 Å². The van der Waals surface area contributed by atoms with Gasteiger partial charge in [0.2, 0.25) is 0 Å². The van der Waals surface area contributed by atoms with Crippen molar-refractivity contribution in [2.45, 2.75) is 45.4 Å². The third-order valence-corrected chi connectivity index (χ3v) is 6.43. The van der Waals surface area contributed by atoms with Crippen molar-refractivity contribution in [2.75, 3.05) is 0 Å². The fourth-order valence-electron chi connectivity index (χ4n) is 4.57. The Bertz CT molecular complexity index is 1410. The summed E-state index contributed by atoms with van der Waals surface area (Å²) in [6, 6.07) is 6.10. The average Bonchev–Trinajstić information content (AvgIpc) is 3.08. The fourth-order valence-corrected chi connectivity index (χ4v) is 4.57. The molecule has 1 fully saturated rings. The van der Waals surface area contributed by atoms with Gasteiger partial charge in [0.25, 0.3) is 0 Å². The first-order valence-electron chi connectivity index (χ1n) is 9.89. The number of imidazole rings is 1. The molecule has 0 aliphatic heterocycles. The summed E-state index contributed by atoms with van der Waals surface area (Å²) < 4.78 is 4.08. The van der Waals surface area contributed by atoms with Crippen molar-refractivity contribution in [1.29, 1.82) is 0 Å². The van der Waals surface area contributed by atoms with Gasteiger partial charge in [-0.15, -0.1) is 0 Å². The number of pyridine rings is 2. The van der Waals surface area contributed by atoms with E-state index in [1.807, 2.05) is 36.8 Å². The molecule has 6 rings (SSSR count). The highest BCUT2D eigenvalue weighted by Gasteiger charge is 2.56. The molecular formula is C22H21N7. The Morgan fingerprint density at radius 1 is 1.07 bits per heavy atom. The molecule has 144 valence electrons. The van der Waals surface area contributed by atoms with Gasteiger partial charge in [-0.05, 0) is 45.4 Å². The highest BCUT2D eigenvalue weighted by atomic mass is 15.3. The van der Waals surface area contributed by atoms with Crippen LogP contribution in [0, 0.1) is 20.8 Å². The lowest BCUT2D eigenvalue weighted by Gasteiger charge is -2.08. The van der Waals surface area contributed by atoms with Crippen molar-refractivity contribution in [3.05, 3.63) is 65.4 Å². The average molecular weight is 383 g/mol. The molecule has 5 heterocycles. The minimum atomic E-state index is -0.0647. The third kappa shape index (κ3) is 2.15. The predicted octanol–water partition coefficient (Wildman–Crippen LogP) is 3.69. The molecule has 0 saturated heterocycles. The summed E-state index contributed by atoms with van der Waals surface area (Å²) in [5.41, 5.74) is 6.92. The Hall–Kier alpha value is -3.35. The van der Waals surface area contributed by atoms with Crippen LogP contribution in [0.3, 0.4) is 0 Å². The van der Waals surface area contributed by atoms with Crippen LogP contribution in [0.2, 0.25) is 0 Å². The lowest BCUT2D eigenvalue weighted by molar-refractivity contribution is 0.693. The predicted molar refractivity (Wildman–Crippen MR) is 110 cm³/mol. The molecule has 1 aliphatic rings. The van der Waals surface area contributed by atoms with Gasteiger partial charge in [-0.1, -0.05) is 6.92 Å². The summed E-state index contributed by atoms with van der Waals surface area (Å²) >= 11 is 0. The van der Waals surface area contributed by atoms with Gasteiger partial charge in [0.15, 0.2) is 11.5 Å². The number of aryl methyl sites for hydroxylation is 3. The first-order valence-corrected chi connectivity index (χ1v) is 9.89. The maximum atomic E-state index is 5.09. The number of hydrogen-bond donors (Lipinski definition) is 0. The van der Waals surface area contributed by atoms with E-state index in [0.29, 0.717) is 0 Å². The van der Waals surface area contributed by atoms with Crippen LogP contribution in [0.15, 0.2) is 36.8 Å². The summed E-state index contributed by atoms with van der Waals surface area (Å²) in [7, 11) is 0. The van der Waals surface area contributed by atoms with Gasteiger partial charge in [-0.2, -0.15) is 5.10 Å². The van der Waals surface area contributed by atoms with E-state index in [1.165, 1.54) is 5.69 Å². The molecule has 0 bridgehead atoms. The second-order valence-electron chi connectivity index (χ2n) is 8.36. The Morgan fingerprint density at radius 3 is 2.76 bits per heavy atom. The van der Waals surface area contributed by atoms with E-state index in [4.69, 9.17) is 15.1 Å². The van der Waals surface area contributed by atoms with Crippen LogP contribution in [-0.2, 0) is 5.41 Å². The molecule has 1 saturated carbocycles. The number of fused-ring (bicyclic) bond motifs is 4. The van der Waals surface area contributed by atoms with Crippen molar-refractivity contribution in [3.8, 4) is 0 Å². The summed E-state index contributed by atoms with van der Waals surface area (Å²) in [6.07, 6.45) is 6.73. The molecule has 7 nitrogen and oxygen atoms in total. The van der Waals surface area contributed by atoms with Gasteiger partial charge < -0.3 is 4.40 Å². The molecule has 5 aromatic heterocycles. The Morgan fingerprint density at radius 2 is 1.93 bits per heavy atom. The molecule has 0 radical (unpaired) electrons. The largest absolute Gasteiger partial charge is 0.303 e. The van der Waals surface area contributed by atoms with Crippen LogP contribution in [0.5, 0.6) is 0 Å². The second-order valence-corrected chi connectivity index (χ2v) is 8.36. The quantitative estimate of drug-likeness (QED) is 0.465. The minimum absolute atomic E-state index is 0.0647. The SMILES string of the molecule is Cc1ncc(C)n2nc(C3CC3(C)c3nc4c5cccnc5ccn4c3C)nc12. The van der Waals surface area contributed by atoms with Crippen molar-refractivity contribution < 1.29 is 0 Å². The Balaban J connectivity index is 1.49. The fraction of sp³-hybridized carbons (Fsp3) is 0.318. The first kappa shape index (κ1) is 16.6. The van der Waals surface area contributed by atoms with Gasteiger partial charge in [-0.3, -0.25) is 9.97 Å². The monoisotopic (exact) mass is 383 g/mol. The van der Waals surface area contributed by atoms with Crippen LogP contribution in [0.4, 0.5) is 0 Å². The molecule has 7 heteroatoms. The Kier molecular flexibility index (Phi) is 3.07. The lowest BCUT2D eigenvalue weighted by atomic mass is 10.00. The summed E-state index contributed by atoms with van der Waals surface area (Å²) in [6.45, 7) is 8.41. The van der Waals surface area contributed by atoms with Gasteiger partial charge in [0, 0.05) is 41.0 Å².